The van der Waals surface area contributed by atoms with Crippen LogP contribution in [-0.4, -0.2) is 18.2 Å². The van der Waals surface area contributed by atoms with Crippen LogP contribution in [0.3, 0.4) is 0 Å². The van der Waals surface area contributed by atoms with Gasteiger partial charge in [0.05, 0.1) is 18.4 Å². The molecule has 1 N–H and O–H groups in total. The zero-order valence-corrected chi connectivity index (χ0v) is 10.3. The fraction of sp³-hybridized carbons (Fsp3) is 0.286. The highest BCUT2D eigenvalue weighted by Crippen LogP contribution is 2.47. The topological polar surface area (TPSA) is 76.7 Å². The number of carboxylic acids is 1. The van der Waals surface area contributed by atoms with E-state index in [4.69, 9.17) is 14.3 Å². The van der Waals surface area contributed by atoms with Crippen LogP contribution in [0.1, 0.15) is 18.1 Å². The molecule has 0 aliphatic heterocycles. The van der Waals surface area contributed by atoms with Gasteiger partial charge in [-0.3, -0.25) is 9.59 Å². The van der Waals surface area contributed by atoms with Crippen molar-refractivity contribution in [1.29, 1.82) is 0 Å². The molecule has 1 aliphatic rings. The average Bonchev–Trinajstić information content (AvgIpc) is 3.18. The van der Waals surface area contributed by atoms with Crippen molar-refractivity contribution < 1.29 is 19.1 Å². The van der Waals surface area contributed by atoms with Gasteiger partial charge in [0.1, 0.15) is 5.76 Å². The maximum absolute atomic E-state index is 12.0. The molecule has 5 heteroatoms. The van der Waals surface area contributed by atoms with Crippen LogP contribution in [0.25, 0.3) is 11.0 Å². The Morgan fingerprint density at radius 1 is 1.47 bits per heavy atom. The molecule has 1 saturated carbocycles. The van der Waals surface area contributed by atoms with Crippen molar-refractivity contribution in [3.8, 4) is 5.75 Å². The monoisotopic (exact) mass is 260 g/mol. The van der Waals surface area contributed by atoms with E-state index < -0.39 is 11.9 Å². The molecular weight excluding hydrogens is 248 g/mol. The van der Waals surface area contributed by atoms with Crippen molar-refractivity contribution in [1.82, 2.24) is 0 Å². The fourth-order valence-electron chi connectivity index (χ4n) is 2.30. The van der Waals surface area contributed by atoms with Gasteiger partial charge in [0.2, 0.25) is 0 Å². The van der Waals surface area contributed by atoms with Crippen LogP contribution in [0.15, 0.2) is 33.5 Å². The molecule has 2 unspecified atom stereocenters. The van der Waals surface area contributed by atoms with Gasteiger partial charge < -0.3 is 14.3 Å². The van der Waals surface area contributed by atoms with Crippen molar-refractivity contribution in [2.75, 3.05) is 7.11 Å². The molecule has 1 aromatic heterocycles. The molecule has 0 spiro atoms. The molecule has 0 saturated heterocycles. The van der Waals surface area contributed by atoms with E-state index >= 15 is 0 Å². The molecule has 98 valence electrons. The Bertz CT molecular complexity index is 715. The molecule has 1 aliphatic carbocycles. The Morgan fingerprint density at radius 2 is 2.26 bits per heavy atom. The zero-order chi connectivity index (χ0) is 13.6. The van der Waals surface area contributed by atoms with E-state index in [1.54, 1.807) is 18.2 Å². The minimum atomic E-state index is -0.854. The number of methoxy groups -OCH3 is 1. The van der Waals surface area contributed by atoms with Crippen molar-refractivity contribution >= 4 is 16.9 Å². The number of benzene rings is 1. The SMILES string of the molecule is COc1cccc2c(=O)cc(C3CC3C(=O)O)oc12. The van der Waals surface area contributed by atoms with Gasteiger partial charge >= 0.3 is 5.97 Å². The largest absolute Gasteiger partial charge is 0.493 e. The standard InChI is InChI=1S/C14H12O5/c1-18-11-4-2-3-7-10(15)6-12(19-13(7)11)8-5-9(8)14(16)17/h2-4,6,8-9H,5H2,1H3,(H,16,17). The Morgan fingerprint density at radius 3 is 2.89 bits per heavy atom. The molecule has 19 heavy (non-hydrogen) atoms. The number of ether oxygens (including phenoxy) is 1. The van der Waals surface area contributed by atoms with Crippen LogP contribution >= 0.6 is 0 Å². The summed E-state index contributed by atoms with van der Waals surface area (Å²) in [5.74, 6) is -0.610. The zero-order valence-electron chi connectivity index (χ0n) is 10.3. The van der Waals surface area contributed by atoms with Crippen LogP contribution in [0.5, 0.6) is 5.75 Å². The van der Waals surface area contributed by atoms with E-state index in [1.807, 2.05) is 0 Å². The maximum atomic E-state index is 12.0. The number of aliphatic carboxylic acids is 1. The summed E-state index contributed by atoms with van der Waals surface area (Å²) in [4.78, 5) is 22.9. The van der Waals surface area contributed by atoms with Gasteiger partial charge in [0, 0.05) is 12.0 Å². The first-order valence-electron chi connectivity index (χ1n) is 5.95. The van der Waals surface area contributed by atoms with Gasteiger partial charge in [-0.2, -0.15) is 0 Å². The van der Waals surface area contributed by atoms with E-state index in [1.165, 1.54) is 13.2 Å². The van der Waals surface area contributed by atoms with Gasteiger partial charge in [-0.1, -0.05) is 6.07 Å². The predicted molar refractivity (Wildman–Crippen MR) is 67.5 cm³/mol. The Hall–Kier alpha value is -2.30. The summed E-state index contributed by atoms with van der Waals surface area (Å²) < 4.78 is 10.8. The molecule has 5 nitrogen and oxygen atoms in total. The van der Waals surface area contributed by atoms with Gasteiger partial charge in [0.15, 0.2) is 16.8 Å². The first-order chi connectivity index (χ1) is 9.11. The number of carboxylic acid groups (broad SMARTS) is 1. The third-order valence-corrected chi connectivity index (χ3v) is 3.43. The highest BCUT2D eigenvalue weighted by atomic mass is 16.5. The number of rotatable bonds is 3. The molecule has 0 bridgehead atoms. The number of hydrogen-bond acceptors (Lipinski definition) is 4. The Kier molecular flexibility index (Phi) is 2.55. The first kappa shape index (κ1) is 11.8. The summed E-state index contributed by atoms with van der Waals surface area (Å²) in [5, 5.41) is 9.36. The second kappa shape index (κ2) is 4.12. The molecule has 0 radical (unpaired) electrons. The second-order valence-corrected chi connectivity index (χ2v) is 4.64. The molecule has 0 amide bonds. The molecule has 1 aromatic carbocycles. The molecule has 1 heterocycles. The van der Waals surface area contributed by atoms with Crippen molar-refractivity contribution in [3.05, 3.63) is 40.2 Å². The van der Waals surface area contributed by atoms with E-state index in [-0.39, 0.29) is 11.3 Å². The summed E-state index contributed by atoms with van der Waals surface area (Å²) in [6.45, 7) is 0. The first-order valence-corrected chi connectivity index (χ1v) is 5.95. The molecular formula is C14H12O5. The fourth-order valence-corrected chi connectivity index (χ4v) is 2.30. The van der Waals surface area contributed by atoms with E-state index in [0.717, 1.165) is 0 Å². The quantitative estimate of drug-likeness (QED) is 0.913. The van der Waals surface area contributed by atoms with Crippen LogP contribution in [0.4, 0.5) is 0 Å². The maximum Gasteiger partial charge on any atom is 0.307 e. The lowest BCUT2D eigenvalue weighted by Crippen LogP contribution is -2.04. The molecule has 2 atom stereocenters. The Balaban J connectivity index is 2.14. The lowest BCUT2D eigenvalue weighted by molar-refractivity contribution is -0.138. The van der Waals surface area contributed by atoms with E-state index in [2.05, 4.69) is 0 Å². The summed E-state index contributed by atoms with van der Waals surface area (Å²) in [7, 11) is 1.50. The van der Waals surface area contributed by atoms with Crippen LogP contribution < -0.4 is 10.2 Å². The van der Waals surface area contributed by atoms with Gasteiger partial charge in [-0.15, -0.1) is 0 Å². The number of para-hydroxylation sites is 1. The minimum Gasteiger partial charge on any atom is -0.493 e. The summed E-state index contributed by atoms with van der Waals surface area (Å²) >= 11 is 0. The van der Waals surface area contributed by atoms with Crippen LogP contribution in [-0.2, 0) is 4.79 Å². The van der Waals surface area contributed by atoms with Crippen LogP contribution in [0.2, 0.25) is 0 Å². The summed E-state index contributed by atoms with van der Waals surface area (Å²) in [6, 6.07) is 6.47. The molecule has 1 fully saturated rings. The van der Waals surface area contributed by atoms with Crippen molar-refractivity contribution in [2.45, 2.75) is 12.3 Å². The smallest absolute Gasteiger partial charge is 0.307 e. The lowest BCUT2D eigenvalue weighted by Gasteiger charge is -2.05. The summed E-state index contributed by atoms with van der Waals surface area (Å²) in [6.07, 6.45) is 0.513. The summed E-state index contributed by atoms with van der Waals surface area (Å²) in [5.41, 5.74) is 0.203. The third-order valence-electron chi connectivity index (χ3n) is 3.43. The predicted octanol–water partition coefficient (Wildman–Crippen LogP) is 1.99. The third kappa shape index (κ3) is 1.87. The number of fused-ring (bicyclic) bond motifs is 1. The van der Waals surface area contributed by atoms with Crippen molar-refractivity contribution in [2.24, 2.45) is 5.92 Å². The molecule has 3 rings (SSSR count). The van der Waals surface area contributed by atoms with Crippen molar-refractivity contribution in [3.63, 3.8) is 0 Å². The Labute approximate surface area is 108 Å². The highest BCUT2D eigenvalue weighted by molar-refractivity contribution is 5.82. The number of hydrogen-bond donors (Lipinski definition) is 1. The highest BCUT2D eigenvalue weighted by Gasteiger charge is 2.46. The normalized spacial score (nSPS) is 21.3. The van der Waals surface area contributed by atoms with E-state index in [0.29, 0.717) is 28.9 Å². The lowest BCUT2D eigenvalue weighted by atomic mass is 10.1. The number of carbonyl (C=O) groups is 1. The second-order valence-electron chi connectivity index (χ2n) is 4.64. The van der Waals surface area contributed by atoms with Crippen LogP contribution in [0, 0.1) is 5.92 Å². The minimum absolute atomic E-state index is 0.175. The van der Waals surface area contributed by atoms with Gasteiger partial charge in [0.25, 0.3) is 0 Å². The molecule has 2 aromatic rings. The average molecular weight is 260 g/mol. The van der Waals surface area contributed by atoms with Gasteiger partial charge in [-0.25, -0.2) is 0 Å². The van der Waals surface area contributed by atoms with Gasteiger partial charge in [-0.05, 0) is 18.6 Å². The van der Waals surface area contributed by atoms with E-state index in [9.17, 15) is 9.59 Å².